The Hall–Kier alpha value is -1.39. The molecule has 0 spiro atoms. The molecule has 0 bridgehead atoms. The molecule has 1 unspecified atom stereocenters. The van der Waals surface area contributed by atoms with E-state index in [0.29, 0.717) is 21.5 Å². The van der Waals surface area contributed by atoms with Crippen molar-refractivity contribution in [2.45, 2.75) is 12.8 Å². The Bertz CT molecular complexity index is 660. The van der Waals surface area contributed by atoms with E-state index in [0.717, 1.165) is 5.56 Å². The molecule has 0 saturated heterocycles. The molecule has 1 atom stereocenters. The molecule has 0 aromatic heterocycles. The van der Waals surface area contributed by atoms with Gasteiger partial charge in [-0.15, -0.1) is 0 Å². The van der Waals surface area contributed by atoms with Gasteiger partial charge in [0.2, 0.25) is 0 Å². The Kier molecular flexibility index (Phi) is 5.37. The zero-order valence-corrected chi connectivity index (χ0v) is 13.4. The SMILES string of the molecule is O=C(O)C(Cc1ccccc1Cl)Cc1cc(F)ccc1Br. The van der Waals surface area contributed by atoms with Crippen LogP contribution in [0.3, 0.4) is 0 Å². The quantitative estimate of drug-likeness (QED) is 0.825. The number of rotatable bonds is 5. The number of hydrogen-bond donors (Lipinski definition) is 1. The predicted octanol–water partition coefficient (Wildman–Crippen LogP) is 4.73. The van der Waals surface area contributed by atoms with Crippen molar-refractivity contribution in [3.63, 3.8) is 0 Å². The average molecular weight is 372 g/mol. The van der Waals surface area contributed by atoms with Gasteiger partial charge in [-0.05, 0) is 48.2 Å². The van der Waals surface area contributed by atoms with Crippen LogP contribution in [0.15, 0.2) is 46.9 Å². The molecule has 1 N–H and O–H groups in total. The van der Waals surface area contributed by atoms with E-state index in [2.05, 4.69) is 15.9 Å². The van der Waals surface area contributed by atoms with Crippen molar-refractivity contribution in [3.05, 3.63) is 68.9 Å². The molecule has 0 saturated carbocycles. The number of benzene rings is 2. The fourth-order valence-corrected chi connectivity index (χ4v) is 2.76. The fraction of sp³-hybridized carbons (Fsp3) is 0.188. The number of hydrogen-bond acceptors (Lipinski definition) is 1. The van der Waals surface area contributed by atoms with Crippen molar-refractivity contribution in [2.75, 3.05) is 0 Å². The Morgan fingerprint density at radius 2 is 1.86 bits per heavy atom. The van der Waals surface area contributed by atoms with Gasteiger partial charge >= 0.3 is 5.97 Å². The molecule has 5 heteroatoms. The van der Waals surface area contributed by atoms with Gasteiger partial charge in [-0.25, -0.2) is 4.39 Å². The maximum Gasteiger partial charge on any atom is 0.307 e. The summed E-state index contributed by atoms with van der Waals surface area (Å²) in [5, 5.41) is 9.94. The van der Waals surface area contributed by atoms with E-state index in [1.807, 2.05) is 6.07 Å². The highest BCUT2D eigenvalue weighted by atomic mass is 79.9. The second-order valence-electron chi connectivity index (χ2n) is 4.77. The van der Waals surface area contributed by atoms with Crippen molar-refractivity contribution < 1.29 is 14.3 Å². The van der Waals surface area contributed by atoms with E-state index >= 15 is 0 Å². The van der Waals surface area contributed by atoms with Gasteiger partial charge in [0.25, 0.3) is 0 Å². The highest BCUT2D eigenvalue weighted by Gasteiger charge is 2.21. The molecular formula is C16H13BrClFO2. The van der Waals surface area contributed by atoms with Crippen LogP contribution >= 0.6 is 27.5 Å². The van der Waals surface area contributed by atoms with Crippen LogP contribution in [-0.4, -0.2) is 11.1 Å². The van der Waals surface area contributed by atoms with E-state index in [4.69, 9.17) is 11.6 Å². The van der Waals surface area contributed by atoms with E-state index in [9.17, 15) is 14.3 Å². The van der Waals surface area contributed by atoms with Crippen molar-refractivity contribution in [3.8, 4) is 0 Å². The minimum absolute atomic E-state index is 0.235. The van der Waals surface area contributed by atoms with Gasteiger partial charge in [-0.1, -0.05) is 45.7 Å². The normalized spacial score (nSPS) is 12.1. The molecule has 0 aliphatic heterocycles. The summed E-state index contributed by atoms with van der Waals surface area (Å²) in [6.45, 7) is 0. The first-order chi connectivity index (χ1) is 9.97. The van der Waals surface area contributed by atoms with Crippen LogP contribution in [0.1, 0.15) is 11.1 Å². The lowest BCUT2D eigenvalue weighted by Crippen LogP contribution is -2.19. The third-order valence-electron chi connectivity index (χ3n) is 3.25. The lowest BCUT2D eigenvalue weighted by atomic mass is 9.92. The predicted molar refractivity (Wildman–Crippen MR) is 84.1 cm³/mol. The van der Waals surface area contributed by atoms with Gasteiger partial charge in [0, 0.05) is 9.50 Å². The van der Waals surface area contributed by atoms with Crippen molar-refractivity contribution in [1.29, 1.82) is 0 Å². The molecule has 2 nitrogen and oxygen atoms in total. The van der Waals surface area contributed by atoms with Crippen LogP contribution in [0.25, 0.3) is 0 Å². The number of carbonyl (C=O) groups is 1. The average Bonchev–Trinajstić information content (AvgIpc) is 2.44. The smallest absolute Gasteiger partial charge is 0.307 e. The molecule has 21 heavy (non-hydrogen) atoms. The van der Waals surface area contributed by atoms with Gasteiger partial charge in [0.15, 0.2) is 0 Å². The van der Waals surface area contributed by atoms with Gasteiger partial charge in [0.1, 0.15) is 5.82 Å². The standard InChI is InChI=1S/C16H13BrClFO2/c17-14-6-5-13(19)9-11(14)8-12(16(20)21)7-10-3-1-2-4-15(10)18/h1-6,9,12H,7-8H2,(H,20,21). The summed E-state index contributed by atoms with van der Waals surface area (Å²) in [6, 6.07) is 11.4. The second kappa shape index (κ2) is 7.05. The van der Waals surface area contributed by atoms with E-state index in [-0.39, 0.29) is 12.2 Å². The topological polar surface area (TPSA) is 37.3 Å². The third-order valence-corrected chi connectivity index (χ3v) is 4.39. The number of halogens is 3. The number of carboxylic acid groups (broad SMARTS) is 1. The monoisotopic (exact) mass is 370 g/mol. The Morgan fingerprint density at radius 3 is 2.52 bits per heavy atom. The lowest BCUT2D eigenvalue weighted by Gasteiger charge is -2.14. The molecule has 0 amide bonds. The van der Waals surface area contributed by atoms with Gasteiger partial charge < -0.3 is 5.11 Å². The molecule has 2 aromatic carbocycles. The molecule has 110 valence electrons. The summed E-state index contributed by atoms with van der Waals surface area (Å²) in [7, 11) is 0. The molecule has 0 aliphatic carbocycles. The summed E-state index contributed by atoms with van der Waals surface area (Å²) < 4.78 is 14.0. The van der Waals surface area contributed by atoms with E-state index in [1.165, 1.54) is 12.1 Å². The maximum atomic E-state index is 13.3. The summed E-state index contributed by atoms with van der Waals surface area (Å²) in [4.78, 5) is 11.5. The fourth-order valence-electron chi connectivity index (χ4n) is 2.14. The van der Waals surface area contributed by atoms with Crippen LogP contribution in [0, 0.1) is 11.7 Å². The highest BCUT2D eigenvalue weighted by molar-refractivity contribution is 9.10. The first-order valence-corrected chi connectivity index (χ1v) is 7.54. The first-order valence-electron chi connectivity index (χ1n) is 6.37. The van der Waals surface area contributed by atoms with Crippen LogP contribution in [0.5, 0.6) is 0 Å². The Balaban J connectivity index is 2.22. The van der Waals surface area contributed by atoms with Crippen molar-refractivity contribution in [2.24, 2.45) is 5.92 Å². The molecule has 0 radical (unpaired) electrons. The first kappa shape index (κ1) is 16.0. The molecule has 0 fully saturated rings. The van der Waals surface area contributed by atoms with Crippen molar-refractivity contribution >= 4 is 33.5 Å². The second-order valence-corrected chi connectivity index (χ2v) is 6.03. The minimum Gasteiger partial charge on any atom is -0.481 e. The maximum absolute atomic E-state index is 13.3. The highest BCUT2D eigenvalue weighted by Crippen LogP contribution is 2.25. The van der Waals surface area contributed by atoms with Gasteiger partial charge in [-0.2, -0.15) is 0 Å². The van der Waals surface area contributed by atoms with Crippen LogP contribution < -0.4 is 0 Å². The minimum atomic E-state index is -0.925. The summed E-state index contributed by atoms with van der Waals surface area (Å²) in [5.41, 5.74) is 1.41. The number of aliphatic carboxylic acids is 1. The number of carboxylic acids is 1. The Morgan fingerprint density at radius 1 is 1.19 bits per heavy atom. The van der Waals surface area contributed by atoms with Crippen molar-refractivity contribution in [1.82, 2.24) is 0 Å². The molecule has 2 aromatic rings. The van der Waals surface area contributed by atoms with Crippen LogP contribution in [-0.2, 0) is 17.6 Å². The van der Waals surface area contributed by atoms with E-state index < -0.39 is 11.9 Å². The molecule has 2 rings (SSSR count). The van der Waals surface area contributed by atoms with Crippen LogP contribution in [0.2, 0.25) is 5.02 Å². The van der Waals surface area contributed by atoms with Gasteiger partial charge in [0.05, 0.1) is 5.92 Å². The van der Waals surface area contributed by atoms with Gasteiger partial charge in [-0.3, -0.25) is 4.79 Å². The summed E-state index contributed by atoms with van der Waals surface area (Å²) in [6.07, 6.45) is 0.539. The summed E-state index contributed by atoms with van der Waals surface area (Å²) >= 11 is 9.39. The molecule has 0 aliphatic rings. The lowest BCUT2D eigenvalue weighted by molar-refractivity contribution is -0.141. The largest absolute Gasteiger partial charge is 0.481 e. The molecule has 0 heterocycles. The zero-order chi connectivity index (χ0) is 15.4. The van der Waals surface area contributed by atoms with Crippen LogP contribution in [0.4, 0.5) is 4.39 Å². The zero-order valence-electron chi connectivity index (χ0n) is 11.0. The third kappa shape index (κ3) is 4.29. The Labute approximate surface area is 135 Å². The van der Waals surface area contributed by atoms with E-state index in [1.54, 1.807) is 24.3 Å². The molecular weight excluding hydrogens is 359 g/mol. The summed E-state index contributed by atoms with van der Waals surface area (Å²) in [5.74, 6) is -1.97.